The lowest BCUT2D eigenvalue weighted by Gasteiger charge is -2.32. The number of para-hydroxylation sites is 2. The molecule has 4 atom stereocenters. The van der Waals surface area contributed by atoms with Crippen LogP contribution in [0.3, 0.4) is 0 Å². The van der Waals surface area contributed by atoms with Crippen LogP contribution in [0.1, 0.15) is 119 Å². The summed E-state index contributed by atoms with van der Waals surface area (Å²) in [4.78, 5) is 49.6. The Bertz CT molecular complexity index is 3080. The zero-order chi connectivity index (χ0) is 57.7. The molecule has 0 amide bonds. The van der Waals surface area contributed by atoms with Crippen molar-refractivity contribution in [3.8, 4) is 11.5 Å². The van der Waals surface area contributed by atoms with Gasteiger partial charge in [0.25, 0.3) is 0 Å². The van der Waals surface area contributed by atoms with Gasteiger partial charge in [-0.15, -0.1) is 22.7 Å². The van der Waals surface area contributed by atoms with E-state index < -0.39 is 18.7 Å². The van der Waals surface area contributed by atoms with Gasteiger partial charge in [-0.25, -0.2) is 0 Å². The molecule has 18 heteroatoms. The third-order valence-corrected chi connectivity index (χ3v) is 17.2. The van der Waals surface area contributed by atoms with Crippen molar-refractivity contribution in [3.05, 3.63) is 147 Å². The predicted octanol–water partition coefficient (Wildman–Crippen LogP) is 14.0. The molecule has 6 aromatic rings. The molecular weight excluding hydrogens is 1120 g/mol. The summed E-state index contributed by atoms with van der Waals surface area (Å²) in [5, 5.41) is 2.08. The summed E-state index contributed by atoms with van der Waals surface area (Å²) < 4.78 is 59.7. The quantitative estimate of drug-likeness (QED) is 0.0403. The summed E-state index contributed by atoms with van der Waals surface area (Å²) in [7, 11) is 2.38. The van der Waals surface area contributed by atoms with Crippen molar-refractivity contribution in [1.29, 1.82) is 0 Å². The smallest absolute Gasteiger partial charge is 0.485 e. The molecule has 80 heavy (non-hydrogen) atoms. The van der Waals surface area contributed by atoms with Crippen molar-refractivity contribution < 1.29 is 66.4 Å². The summed E-state index contributed by atoms with van der Waals surface area (Å²) in [5.41, 5.74) is 0.122. The minimum absolute atomic E-state index is 0.0121. The van der Waals surface area contributed by atoms with Gasteiger partial charge in [0.2, 0.25) is 11.6 Å². The van der Waals surface area contributed by atoms with Gasteiger partial charge in [-0.1, -0.05) is 97.0 Å². The first-order chi connectivity index (χ1) is 38.1. The highest BCUT2D eigenvalue weighted by atomic mass is 79.9. The maximum Gasteiger partial charge on any atom is 0.486 e. The number of rotatable bonds is 20. The molecule has 0 unspecified atom stereocenters. The number of benzene rings is 4. The van der Waals surface area contributed by atoms with E-state index in [1.54, 1.807) is 0 Å². The fraction of sp³-hybridized carbons (Fsp3) is 0.419. The van der Waals surface area contributed by atoms with Crippen molar-refractivity contribution >= 4 is 95.5 Å². The summed E-state index contributed by atoms with van der Waals surface area (Å²) in [5.74, 6) is 1.34. The molecule has 3 aliphatic rings. The lowest BCUT2D eigenvalue weighted by molar-refractivity contribution is -0.145. The van der Waals surface area contributed by atoms with Gasteiger partial charge < -0.3 is 47.2 Å². The highest BCUT2D eigenvalue weighted by Gasteiger charge is 2.50. The van der Waals surface area contributed by atoms with Crippen molar-refractivity contribution in [2.75, 3.05) is 27.4 Å². The van der Waals surface area contributed by atoms with E-state index in [-0.39, 0.29) is 72.3 Å². The molecule has 426 valence electrons. The third kappa shape index (κ3) is 17.0. The maximum atomic E-state index is 13.2. The fourth-order valence-corrected chi connectivity index (χ4v) is 12.1. The molecule has 4 aromatic carbocycles. The van der Waals surface area contributed by atoms with Gasteiger partial charge >= 0.3 is 19.1 Å². The van der Waals surface area contributed by atoms with E-state index >= 15 is 0 Å². The number of carbonyl (C=O) groups is 4. The second-order valence-electron chi connectivity index (χ2n) is 21.2. The predicted molar refractivity (Wildman–Crippen MR) is 318 cm³/mol. The van der Waals surface area contributed by atoms with E-state index in [1.807, 2.05) is 189 Å². The number of hydrogen-bond acceptors (Lipinski definition) is 16. The lowest BCUT2D eigenvalue weighted by Crippen LogP contribution is -2.41. The van der Waals surface area contributed by atoms with E-state index in [0.29, 0.717) is 53.4 Å². The van der Waals surface area contributed by atoms with Crippen LogP contribution in [0.5, 0.6) is 11.5 Å². The molecule has 0 bridgehead atoms. The molecule has 5 heterocycles. The maximum absolute atomic E-state index is 13.2. The number of esters is 2. The number of carbonyl (C=O) groups excluding carboxylic acids is 4. The van der Waals surface area contributed by atoms with E-state index in [9.17, 15) is 19.2 Å². The van der Waals surface area contributed by atoms with E-state index in [4.69, 9.17) is 42.5 Å². The van der Waals surface area contributed by atoms with Crippen molar-refractivity contribution in [3.63, 3.8) is 0 Å². The molecule has 3 saturated heterocycles. The molecular formula is C62H72BBrO14S2. The van der Waals surface area contributed by atoms with Crippen LogP contribution in [0.2, 0.25) is 0 Å². The second-order valence-corrected chi connectivity index (χ2v) is 24.1. The molecule has 0 N–H and O–H groups in total. The summed E-state index contributed by atoms with van der Waals surface area (Å²) in [6.07, 6.45) is 8.48. The number of Topliss-reactive ketones (excluding diaryl/α,β-unsaturated/α-hetero) is 2. The summed E-state index contributed by atoms with van der Waals surface area (Å²) in [6, 6.07) is 34.6. The number of ether oxygens (including phenoxy) is 8. The monoisotopic (exact) mass is 1190 g/mol. The molecule has 0 saturated carbocycles. The Morgan fingerprint density at radius 3 is 1.48 bits per heavy atom. The standard InChI is InChI=1S/C28H30O6S.C18H31BO6.C16H11BrO2S/c1-28(2)33-23(13-9-15-26(30)31-3)24(34-28)17-16-21-20-12-7-8-14-25(20)35-27(21)22(29)18-32-19-10-5-4-6-11-19;1-16(2)17(3,4)25-19(24-16)12-11-14-13(22-18(5,6)23-14)9-8-10-15(20)21-7;17-15-12-8-4-5-9-14(12)20-16(15)13(18)10-19-11-6-2-1-3-7-11/h4-8,10-12,14,16-17,23-24H,9,13,15,18H2,1-3H3;11-14H,8-10H2,1-7H3;1-9H,10H2/b17-16+;12-11+;/t23-,24+;13-,14+;/m00./s1. The highest BCUT2D eigenvalue weighted by Crippen LogP contribution is 2.40. The SMILES string of the molecule is COC(=O)CCC[C@@H]1OC(C)(C)O[C@@H]1/C=C/B1OC(C)(C)C(C)(C)O1.COC(=O)CCC[C@@H]1OC(C)(C)O[C@@H]1/C=C/c1c(C(=O)COc2ccccc2)sc2ccccc12.O=C(COc1ccccc1)c1sc2ccccc2c1Br. The number of fused-ring (bicyclic) bond motifs is 2. The van der Waals surface area contributed by atoms with Crippen LogP contribution in [-0.4, -0.2) is 105 Å². The second kappa shape index (κ2) is 28.0. The summed E-state index contributed by atoms with van der Waals surface area (Å²) in [6.45, 7) is 15.6. The van der Waals surface area contributed by atoms with Crippen molar-refractivity contribution in [2.45, 2.75) is 141 Å². The summed E-state index contributed by atoms with van der Waals surface area (Å²) >= 11 is 6.47. The van der Waals surface area contributed by atoms with Gasteiger partial charge in [0.05, 0.1) is 47.4 Å². The highest BCUT2D eigenvalue weighted by molar-refractivity contribution is 9.10. The number of thiophene rings is 2. The Labute approximate surface area is 486 Å². The molecule has 14 nitrogen and oxygen atoms in total. The fourth-order valence-electron chi connectivity index (χ4n) is 9.05. The number of hydrogen-bond donors (Lipinski definition) is 0. The Morgan fingerprint density at radius 1 is 0.562 bits per heavy atom. The van der Waals surface area contributed by atoms with Crippen LogP contribution in [0, 0.1) is 0 Å². The molecule has 0 aliphatic carbocycles. The molecule has 2 aromatic heterocycles. The minimum Gasteiger partial charge on any atom is -0.485 e. The molecule has 9 rings (SSSR count). The first-order valence-corrected chi connectivity index (χ1v) is 29.2. The zero-order valence-electron chi connectivity index (χ0n) is 47.2. The van der Waals surface area contributed by atoms with E-state index in [1.165, 1.54) is 36.9 Å². The Morgan fingerprint density at radius 2 is 0.988 bits per heavy atom. The average Bonchev–Trinajstić information content (AvgIpc) is 4.21. The van der Waals surface area contributed by atoms with Crippen LogP contribution in [0.4, 0.5) is 0 Å². The van der Waals surface area contributed by atoms with Crippen LogP contribution in [-0.2, 0) is 47.3 Å². The van der Waals surface area contributed by atoms with Crippen LogP contribution >= 0.6 is 38.6 Å². The first-order valence-electron chi connectivity index (χ1n) is 26.8. The number of ketones is 2. The van der Waals surface area contributed by atoms with Gasteiger partial charge in [0.1, 0.15) is 23.7 Å². The Kier molecular flexibility index (Phi) is 21.7. The number of halogens is 1. The minimum atomic E-state index is -0.732. The van der Waals surface area contributed by atoms with Gasteiger partial charge in [0, 0.05) is 43.1 Å². The van der Waals surface area contributed by atoms with Gasteiger partial charge in [-0.3, -0.25) is 19.2 Å². The van der Waals surface area contributed by atoms with Crippen LogP contribution in [0.25, 0.3) is 26.2 Å². The van der Waals surface area contributed by atoms with Crippen LogP contribution in [0.15, 0.2) is 132 Å². The average molecular weight is 1200 g/mol. The molecule has 0 spiro atoms. The first kappa shape index (κ1) is 62.1. The van der Waals surface area contributed by atoms with E-state index in [2.05, 4.69) is 20.7 Å². The lowest BCUT2D eigenvalue weighted by atomic mass is 9.88. The Balaban J connectivity index is 0.000000181. The largest absolute Gasteiger partial charge is 0.486 e. The molecule has 3 aliphatic heterocycles. The van der Waals surface area contributed by atoms with Crippen molar-refractivity contribution in [2.24, 2.45) is 0 Å². The van der Waals surface area contributed by atoms with Crippen molar-refractivity contribution in [1.82, 2.24) is 0 Å². The third-order valence-electron chi connectivity index (χ3n) is 13.7. The van der Waals surface area contributed by atoms with Gasteiger partial charge in [-0.2, -0.15) is 0 Å². The molecule has 3 fully saturated rings. The molecule has 0 radical (unpaired) electrons. The Hall–Kier alpha value is -5.54. The van der Waals surface area contributed by atoms with E-state index in [0.717, 1.165) is 36.6 Å². The zero-order valence-corrected chi connectivity index (χ0v) is 50.4. The topological polar surface area (TPSA) is 161 Å². The number of methoxy groups -OCH3 is 2. The van der Waals surface area contributed by atoms with Gasteiger partial charge in [0.15, 0.2) is 24.8 Å². The normalized spacial score (nSPS) is 20.5. The van der Waals surface area contributed by atoms with Gasteiger partial charge in [-0.05, 0) is 133 Å². The van der Waals surface area contributed by atoms with Crippen LogP contribution < -0.4 is 9.47 Å².